The van der Waals surface area contributed by atoms with E-state index < -0.39 is 0 Å². The molecule has 18 heavy (non-hydrogen) atoms. The lowest BCUT2D eigenvalue weighted by molar-refractivity contribution is 0.112. The number of carbonyl (C=O) groups excluding carboxylic acids is 1. The van der Waals surface area contributed by atoms with E-state index in [1.165, 1.54) is 0 Å². The Labute approximate surface area is 109 Å². The van der Waals surface area contributed by atoms with Gasteiger partial charge in [0.05, 0.1) is 17.0 Å². The smallest absolute Gasteiger partial charge is 0.162 e. The van der Waals surface area contributed by atoms with Crippen molar-refractivity contribution in [2.45, 2.75) is 13.5 Å². The van der Waals surface area contributed by atoms with Crippen LogP contribution >= 0.6 is 11.3 Å². The molecule has 0 aliphatic rings. The molecular formula is C13H13NO3S. The summed E-state index contributed by atoms with van der Waals surface area (Å²) < 4.78 is 10.8. The normalized spacial score (nSPS) is 10.1. The molecule has 0 radical (unpaired) electrons. The number of benzene rings is 1. The summed E-state index contributed by atoms with van der Waals surface area (Å²) in [6, 6.07) is 5.08. The van der Waals surface area contributed by atoms with Crippen molar-refractivity contribution in [2.75, 3.05) is 7.11 Å². The maximum absolute atomic E-state index is 10.7. The van der Waals surface area contributed by atoms with Crippen molar-refractivity contribution in [3.05, 3.63) is 39.8 Å². The van der Waals surface area contributed by atoms with Gasteiger partial charge in [-0.05, 0) is 25.1 Å². The highest BCUT2D eigenvalue weighted by molar-refractivity contribution is 7.11. The fourth-order valence-corrected chi connectivity index (χ4v) is 2.21. The Morgan fingerprint density at radius 2 is 2.22 bits per heavy atom. The van der Waals surface area contributed by atoms with Crippen LogP contribution in [-0.2, 0) is 6.61 Å². The number of aromatic nitrogens is 1. The monoisotopic (exact) mass is 263 g/mol. The molecule has 0 aliphatic heterocycles. The Bertz CT molecular complexity index is 551. The molecule has 4 nitrogen and oxygen atoms in total. The van der Waals surface area contributed by atoms with Gasteiger partial charge in [-0.15, -0.1) is 11.3 Å². The number of thiazole rings is 1. The highest BCUT2D eigenvalue weighted by Gasteiger charge is 2.07. The van der Waals surface area contributed by atoms with Crippen molar-refractivity contribution in [2.24, 2.45) is 0 Å². The van der Waals surface area contributed by atoms with E-state index in [1.807, 2.05) is 6.92 Å². The molecule has 0 aliphatic carbocycles. The SMILES string of the molecule is COc1ccc(C=O)cc1OCc1cnc(C)s1. The van der Waals surface area contributed by atoms with E-state index in [-0.39, 0.29) is 0 Å². The molecule has 0 saturated carbocycles. The lowest BCUT2D eigenvalue weighted by atomic mass is 10.2. The number of carbonyl (C=O) groups is 1. The van der Waals surface area contributed by atoms with Gasteiger partial charge in [0.15, 0.2) is 11.5 Å². The predicted molar refractivity (Wildman–Crippen MR) is 69.6 cm³/mol. The molecule has 1 aromatic heterocycles. The quantitative estimate of drug-likeness (QED) is 0.778. The average Bonchev–Trinajstić information content (AvgIpc) is 2.81. The minimum Gasteiger partial charge on any atom is -0.493 e. The van der Waals surface area contributed by atoms with Crippen LogP contribution in [0.3, 0.4) is 0 Å². The first kappa shape index (κ1) is 12.6. The number of aryl methyl sites for hydroxylation is 1. The second-order valence-corrected chi connectivity index (χ2v) is 4.98. The molecule has 94 valence electrons. The molecule has 2 rings (SSSR count). The van der Waals surface area contributed by atoms with Crippen molar-refractivity contribution in [1.29, 1.82) is 0 Å². The molecule has 2 aromatic rings. The van der Waals surface area contributed by atoms with Crippen LogP contribution in [-0.4, -0.2) is 18.4 Å². The van der Waals surface area contributed by atoms with Gasteiger partial charge in [0.1, 0.15) is 12.9 Å². The Kier molecular flexibility index (Phi) is 3.94. The zero-order valence-electron chi connectivity index (χ0n) is 10.2. The van der Waals surface area contributed by atoms with Gasteiger partial charge in [-0.1, -0.05) is 0 Å². The number of ether oxygens (including phenoxy) is 2. The summed E-state index contributed by atoms with van der Waals surface area (Å²) in [7, 11) is 1.57. The summed E-state index contributed by atoms with van der Waals surface area (Å²) in [6.07, 6.45) is 2.57. The van der Waals surface area contributed by atoms with Crippen LogP contribution in [0.25, 0.3) is 0 Å². The molecule has 0 spiro atoms. The zero-order valence-corrected chi connectivity index (χ0v) is 11.0. The molecule has 5 heteroatoms. The van der Waals surface area contributed by atoms with Gasteiger partial charge >= 0.3 is 0 Å². The number of aldehydes is 1. The van der Waals surface area contributed by atoms with Crippen molar-refractivity contribution in [3.8, 4) is 11.5 Å². The third kappa shape index (κ3) is 2.87. The van der Waals surface area contributed by atoms with E-state index in [4.69, 9.17) is 9.47 Å². The van der Waals surface area contributed by atoms with Crippen molar-refractivity contribution < 1.29 is 14.3 Å². The molecule has 0 bridgehead atoms. The third-order valence-corrected chi connectivity index (χ3v) is 3.25. The molecule has 0 unspecified atom stereocenters. The van der Waals surface area contributed by atoms with Gasteiger partial charge in [0.25, 0.3) is 0 Å². The lowest BCUT2D eigenvalue weighted by Gasteiger charge is -2.09. The second kappa shape index (κ2) is 5.64. The number of rotatable bonds is 5. The minimum absolute atomic E-state index is 0.421. The Morgan fingerprint density at radius 3 is 2.83 bits per heavy atom. The molecule has 0 N–H and O–H groups in total. The number of hydrogen-bond donors (Lipinski definition) is 0. The first-order valence-electron chi connectivity index (χ1n) is 5.40. The summed E-state index contributed by atoms with van der Waals surface area (Å²) in [6.45, 7) is 2.37. The summed E-state index contributed by atoms with van der Waals surface area (Å²) in [5, 5.41) is 1.00. The average molecular weight is 263 g/mol. The topological polar surface area (TPSA) is 48.4 Å². The highest BCUT2D eigenvalue weighted by atomic mass is 32.1. The second-order valence-electron chi connectivity index (χ2n) is 3.66. The van der Waals surface area contributed by atoms with Crippen molar-refractivity contribution in [3.63, 3.8) is 0 Å². The van der Waals surface area contributed by atoms with Crippen LogP contribution in [0.5, 0.6) is 11.5 Å². The Morgan fingerprint density at radius 1 is 1.39 bits per heavy atom. The fourth-order valence-electron chi connectivity index (χ4n) is 1.50. The molecule has 0 atom stereocenters. The summed E-state index contributed by atoms with van der Waals surface area (Å²) >= 11 is 1.58. The van der Waals surface area contributed by atoms with E-state index in [0.29, 0.717) is 23.7 Å². The number of hydrogen-bond acceptors (Lipinski definition) is 5. The maximum Gasteiger partial charge on any atom is 0.162 e. The van der Waals surface area contributed by atoms with Gasteiger partial charge < -0.3 is 9.47 Å². The third-order valence-electron chi connectivity index (χ3n) is 2.36. The summed E-state index contributed by atoms with van der Waals surface area (Å²) in [5.74, 6) is 1.18. The van der Waals surface area contributed by atoms with Crippen molar-refractivity contribution >= 4 is 17.6 Å². The van der Waals surface area contributed by atoms with Crippen LogP contribution in [0, 0.1) is 6.92 Å². The molecule has 1 aromatic carbocycles. The van der Waals surface area contributed by atoms with Gasteiger partial charge in [-0.3, -0.25) is 4.79 Å². The largest absolute Gasteiger partial charge is 0.493 e. The molecule has 0 amide bonds. The van der Waals surface area contributed by atoms with E-state index in [0.717, 1.165) is 16.2 Å². The predicted octanol–water partition coefficient (Wildman–Crippen LogP) is 2.85. The zero-order chi connectivity index (χ0) is 13.0. The standard InChI is InChI=1S/C13H13NO3S/c1-9-14-6-11(18-9)8-17-13-5-10(7-15)3-4-12(13)16-2/h3-7H,8H2,1-2H3. The number of methoxy groups -OCH3 is 1. The van der Waals surface area contributed by atoms with Gasteiger partial charge in [-0.25, -0.2) is 4.98 Å². The lowest BCUT2D eigenvalue weighted by Crippen LogP contribution is -1.97. The van der Waals surface area contributed by atoms with Crippen LogP contribution in [0.2, 0.25) is 0 Å². The summed E-state index contributed by atoms with van der Waals surface area (Å²) in [5.41, 5.74) is 0.561. The van der Waals surface area contributed by atoms with Crippen LogP contribution in [0.1, 0.15) is 20.2 Å². The first-order chi connectivity index (χ1) is 8.72. The Balaban J connectivity index is 2.14. The highest BCUT2D eigenvalue weighted by Crippen LogP contribution is 2.28. The van der Waals surface area contributed by atoms with Gasteiger partial charge in [0, 0.05) is 11.8 Å². The number of nitrogens with zero attached hydrogens (tertiary/aromatic N) is 1. The first-order valence-corrected chi connectivity index (χ1v) is 6.22. The molecule has 1 heterocycles. The van der Waals surface area contributed by atoms with Crippen LogP contribution in [0.15, 0.2) is 24.4 Å². The fraction of sp³-hybridized carbons (Fsp3) is 0.231. The van der Waals surface area contributed by atoms with E-state index in [9.17, 15) is 4.79 Å². The molecule has 0 saturated heterocycles. The van der Waals surface area contributed by atoms with Gasteiger partial charge in [-0.2, -0.15) is 0 Å². The van der Waals surface area contributed by atoms with Crippen LogP contribution in [0.4, 0.5) is 0 Å². The van der Waals surface area contributed by atoms with E-state index in [2.05, 4.69) is 4.98 Å². The van der Waals surface area contributed by atoms with E-state index in [1.54, 1.807) is 42.8 Å². The summed E-state index contributed by atoms with van der Waals surface area (Å²) in [4.78, 5) is 15.9. The van der Waals surface area contributed by atoms with Crippen LogP contribution < -0.4 is 9.47 Å². The maximum atomic E-state index is 10.7. The Hall–Kier alpha value is -1.88. The molecule has 0 fully saturated rings. The minimum atomic E-state index is 0.421. The molecular weight excluding hydrogens is 250 g/mol. The van der Waals surface area contributed by atoms with E-state index >= 15 is 0 Å². The van der Waals surface area contributed by atoms with Crippen molar-refractivity contribution in [1.82, 2.24) is 4.98 Å². The van der Waals surface area contributed by atoms with Gasteiger partial charge in [0.2, 0.25) is 0 Å².